The molecule has 0 saturated carbocycles. The molecule has 20 heavy (non-hydrogen) atoms. The molecule has 0 spiro atoms. The molecule has 0 aliphatic carbocycles. The summed E-state index contributed by atoms with van der Waals surface area (Å²) in [5.74, 6) is 0.476. The van der Waals surface area contributed by atoms with Crippen LogP contribution in [0.15, 0.2) is 17.2 Å². The average molecular weight is 279 g/mol. The van der Waals surface area contributed by atoms with Crippen LogP contribution in [0.25, 0.3) is 0 Å². The molecule has 1 rings (SSSR count). The summed E-state index contributed by atoms with van der Waals surface area (Å²) in [5, 5.41) is 3.23. The minimum absolute atomic E-state index is 0.0151. The van der Waals surface area contributed by atoms with Gasteiger partial charge in [0.25, 0.3) is 5.56 Å². The van der Waals surface area contributed by atoms with Gasteiger partial charge >= 0.3 is 0 Å². The highest BCUT2D eigenvalue weighted by molar-refractivity contribution is 5.31. The molecular formula is C16H29N3O. The van der Waals surface area contributed by atoms with Crippen molar-refractivity contribution >= 4 is 5.82 Å². The van der Waals surface area contributed by atoms with Crippen LogP contribution in [-0.2, 0) is 6.54 Å². The normalized spacial score (nSPS) is 11.6. The third-order valence-electron chi connectivity index (χ3n) is 3.57. The molecule has 0 amide bonds. The lowest BCUT2D eigenvalue weighted by molar-refractivity contribution is 0.342. The van der Waals surface area contributed by atoms with Crippen molar-refractivity contribution in [2.75, 3.05) is 11.9 Å². The van der Waals surface area contributed by atoms with Crippen molar-refractivity contribution in [2.24, 2.45) is 5.41 Å². The van der Waals surface area contributed by atoms with Gasteiger partial charge < -0.3 is 9.88 Å². The fourth-order valence-electron chi connectivity index (χ4n) is 2.25. The van der Waals surface area contributed by atoms with Crippen molar-refractivity contribution in [2.45, 2.75) is 66.3 Å². The zero-order valence-electron chi connectivity index (χ0n) is 13.4. The summed E-state index contributed by atoms with van der Waals surface area (Å²) in [5.41, 5.74) is 0.174. The Morgan fingerprint density at radius 2 is 2.00 bits per heavy atom. The average Bonchev–Trinajstić information content (AvgIpc) is 2.40. The number of hydrogen-bond donors (Lipinski definition) is 1. The maximum Gasteiger partial charge on any atom is 0.293 e. The first-order valence-electron chi connectivity index (χ1n) is 7.79. The van der Waals surface area contributed by atoms with Crippen molar-refractivity contribution < 1.29 is 0 Å². The molecule has 1 aromatic heterocycles. The Kier molecular flexibility index (Phi) is 6.76. The van der Waals surface area contributed by atoms with E-state index >= 15 is 0 Å². The molecule has 0 bridgehead atoms. The zero-order chi connectivity index (χ0) is 15.0. The minimum atomic E-state index is -0.0151. The molecule has 0 radical (unpaired) electrons. The van der Waals surface area contributed by atoms with E-state index in [-0.39, 0.29) is 11.0 Å². The summed E-state index contributed by atoms with van der Waals surface area (Å²) in [6.45, 7) is 10.3. The van der Waals surface area contributed by atoms with Gasteiger partial charge in [0.15, 0.2) is 5.82 Å². The topological polar surface area (TPSA) is 46.9 Å². The number of unbranched alkanes of at least 4 members (excludes halogenated alkanes) is 2. The molecule has 0 unspecified atom stereocenters. The van der Waals surface area contributed by atoms with Gasteiger partial charge in [0.05, 0.1) is 0 Å². The SMILES string of the molecule is CCCCCC(C)(C)CNc1nccn(CCC)c1=O. The number of nitrogens with zero attached hydrogens (tertiary/aromatic N) is 2. The van der Waals surface area contributed by atoms with Gasteiger partial charge in [-0.25, -0.2) is 4.98 Å². The Bertz CT molecular complexity index is 451. The Hall–Kier alpha value is -1.32. The van der Waals surface area contributed by atoms with Crippen LogP contribution in [-0.4, -0.2) is 16.1 Å². The fourth-order valence-corrected chi connectivity index (χ4v) is 2.25. The maximum absolute atomic E-state index is 12.2. The first kappa shape index (κ1) is 16.7. The fraction of sp³-hybridized carbons (Fsp3) is 0.750. The zero-order valence-corrected chi connectivity index (χ0v) is 13.4. The van der Waals surface area contributed by atoms with Gasteiger partial charge in [-0.15, -0.1) is 0 Å². The second kappa shape index (κ2) is 8.08. The predicted molar refractivity (Wildman–Crippen MR) is 85.2 cm³/mol. The van der Waals surface area contributed by atoms with Gasteiger partial charge in [-0.2, -0.15) is 0 Å². The molecule has 0 aliphatic heterocycles. The van der Waals surface area contributed by atoms with Crippen molar-refractivity contribution in [3.05, 3.63) is 22.7 Å². The van der Waals surface area contributed by atoms with E-state index in [1.807, 2.05) is 0 Å². The molecule has 0 aromatic carbocycles. The molecule has 4 nitrogen and oxygen atoms in total. The highest BCUT2D eigenvalue weighted by Gasteiger charge is 2.18. The standard InChI is InChI=1S/C16H29N3O/c1-5-7-8-9-16(3,4)13-18-14-15(20)19(11-6-2)12-10-17-14/h10,12H,5-9,11,13H2,1-4H3,(H,17,18). The lowest BCUT2D eigenvalue weighted by atomic mass is 9.87. The molecule has 4 heteroatoms. The summed E-state index contributed by atoms with van der Waals surface area (Å²) in [6.07, 6.45) is 9.33. The summed E-state index contributed by atoms with van der Waals surface area (Å²) in [6, 6.07) is 0. The quantitative estimate of drug-likeness (QED) is 0.702. The Morgan fingerprint density at radius 1 is 1.25 bits per heavy atom. The van der Waals surface area contributed by atoms with Gasteiger partial charge in [0.2, 0.25) is 0 Å². The van der Waals surface area contributed by atoms with E-state index in [9.17, 15) is 4.79 Å². The van der Waals surface area contributed by atoms with Gasteiger partial charge in [0.1, 0.15) is 0 Å². The van der Waals surface area contributed by atoms with Crippen LogP contribution in [0.2, 0.25) is 0 Å². The van der Waals surface area contributed by atoms with Crippen LogP contribution in [0.4, 0.5) is 5.82 Å². The molecule has 0 saturated heterocycles. The second-order valence-corrected chi connectivity index (χ2v) is 6.25. The Labute approximate surface area is 122 Å². The van der Waals surface area contributed by atoms with Crippen LogP contribution in [0, 0.1) is 5.41 Å². The predicted octanol–water partition coefficient (Wildman–Crippen LogP) is 3.67. The Morgan fingerprint density at radius 3 is 2.65 bits per heavy atom. The molecule has 1 aromatic rings. The highest BCUT2D eigenvalue weighted by Crippen LogP contribution is 2.23. The summed E-state index contributed by atoms with van der Waals surface area (Å²) < 4.78 is 1.72. The van der Waals surface area contributed by atoms with Crippen molar-refractivity contribution in [3.63, 3.8) is 0 Å². The number of aryl methyl sites for hydroxylation is 1. The number of nitrogens with one attached hydrogen (secondary N) is 1. The van der Waals surface area contributed by atoms with Gasteiger partial charge in [-0.1, -0.05) is 47.0 Å². The van der Waals surface area contributed by atoms with Crippen LogP contribution >= 0.6 is 0 Å². The minimum Gasteiger partial charge on any atom is -0.365 e. The molecule has 0 aliphatic rings. The first-order valence-corrected chi connectivity index (χ1v) is 7.79. The van der Waals surface area contributed by atoms with E-state index in [4.69, 9.17) is 0 Å². The molecule has 1 N–H and O–H groups in total. The number of aromatic nitrogens is 2. The lowest BCUT2D eigenvalue weighted by Gasteiger charge is -2.25. The van der Waals surface area contributed by atoms with E-state index in [1.165, 1.54) is 25.7 Å². The smallest absolute Gasteiger partial charge is 0.293 e. The van der Waals surface area contributed by atoms with Crippen molar-refractivity contribution in [1.82, 2.24) is 9.55 Å². The van der Waals surface area contributed by atoms with E-state index in [2.05, 4.69) is 38.0 Å². The maximum atomic E-state index is 12.2. The van der Waals surface area contributed by atoms with Crippen LogP contribution in [0.5, 0.6) is 0 Å². The van der Waals surface area contributed by atoms with E-state index in [0.29, 0.717) is 5.82 Å². The summed E-state index contributed by atoms with van der Waals surface area (Å²) in [7, 11) is 0. The van der Waals surface area contributed by atoms with E-state index in [0.717, 1.165) is 19.5 Å². The van der Waals surface area contributed by atoms with Crippen LogP contribution in [0.1, 0.15) is 59.8 Å². The molecule has 1 heterocycles. The molecular weight excluding hydrogens is 250 g/mol. The third-order valence-corrected chi connectivity index (χ3v) is 3.57. The summed E-state index contributed by atoms with van der Waals surface area (Å²) >= 11 is 0. The highest BCUT2D eigenvalue weighted by atomic mass is 16.1. The molecule has 114 valence electrons. The molecule has 0 atom stereocenters. The second-order valence-electron chi connectivity index (χ2n) is 6.25. The Balaban J connectivity index is 2.60. The third kappa shape index (κ3) is 5.35. The lowest BCUT2D eigenvalue weighted by Crippen LogP contribution is -2.29. The van der Waals surface area contributed by atoms with Crippen LogP contribution < -0.4 is 10.9 Å². The summed E-state index contributed by atoms with van der Waals surface area (Å²) in [4.78, 5) is 16.4. The number of anilines is 1. The van der Waals surface area contributed by atoms with Crippen molar-refractivity contribution in [1.29, 1.82) is 0 Å². The first-order chi connectivity index (χ1) is 9.50. The largest absolute Gasteiger partial charge is 0.365 e. The number of rotatable bonds is 9. The van der Waals surface area contributed by atoms with Gasteiger partial charge in [-0.05, 0) is 18.3 Å². The van der Waals surface area contributed by atoms with Crippen molar-refractivity contribution in [3.8, 4) is 0 Å². The monoisotopic (exact) mass is 279 g/mol. The van der Waals surface area contributed by atoms with Gasteiger partial charge in [0, 0.05) is 25.5 Å². The number of hydrogen-bond acceptors (Lipinski definition) is 3. The molecule has 0 fully saturated rings. The van der Waals surface area contributed by atoms with E-state index < -0.39 is 0 Å². The van der Waals surface area contributed by atoms with E-state index in [1.54, 1.807) is 17.0 Å². The van der Waals surface area contributed by atoms with Gasteiger partial charge in [-0.3, -0.25) is 4.79 Å². The van der Waals surface area contributed by atoms with Crippen LogP contribution in [0.3, 0.4) is 0 Å².